The molecular weight excluding hydrogens is 397 g/mol. The van der Waals surface area contributed by atoms with Gasteiger partial charge in [-0.05, 0) is 42.5 Å². The average Bonchev–Trinajstić information content (AvgIpc) is 3.21. The van der Waals surface area contributed by atoms with Gasteiger partial charge in [0.05, 0.1) is 15.0 Å². The highest BCUT2D eigenvalue weighted by atomic mass is 32.1. The number of fused-ring (bicyclic) bond motifs is 5. The third-order valence-electron chi connectivity index (χ3n) is 4.55. The van der Waals surface area contributed by atoms with Crippen molar-refractivity contribution in [2.24, 2.45) is 0 Å². The first-order chi connectivity index (χ1) is 13.5. The van der Waals surface area contributed by atoms with E-state index in [0.717, 1.165) is 17.7 Å². The van der Waals surface area contributed by atoms with Crippen molar-refractivity contribution in [2.75, 3.05) is 0 Å². The number of alkyl halides is 3. The van der Waals surface area contributed by atoms with E-state index < -0.39 is 11.7 Å². The van der Waals surface area contributed by atoms with Gasteiger partial charge in [0, 0.05) is 31.3 Å². The van der Waals surface area contributed by atoms with Crippen LogP contribution >= 0.6 is 22.7 Å². The molecule has 0 saturated carbocycles. The number of hydrogen-bond donors (Lipinski definition) is 0. The minimum absolute atomic E-state index is 0.561. The van der Waals surface area contributed by atoms with Crippen LogP contribution in [0.15, 0.2) is 66.7 Å². The largest absolute Gasteiger partial charge is 0.416 e. The van der Waals surface area contributed by atoms with Crippen LogP contribution < -0.4 is 0 Å². The molecule has 0 amide bonds. The van der Waals surface area contributed by atoms with Crippen LogP contribution in [0.4, 0.5) is 13.2 Å². The van der Waals surface area contributed by atoms with Crippen molar-refractivity contribution in [3.63, 3.8) is 0 Å². The fourth-order valence-corrected chi connectivity index (χ4v) is 5.86. The lowest BCUT2D eigenvalue weighted by Crippen LogP contribution is -2.04. The lowest BCUT2D eigenvalue weighted by molar-refractivity contribution is -0.137. The summed E-state index contributed by atoms with van der Waals surface area (Å²) in [6, 6.07) is 19.4. The molecule has 0 radical (unpaired) electrons. The van der Waals surface area contributed by atoms with Crippen LogP contribution in [0.2, 0.25) is 0 Å². The maximum Gasteiger partial charge on any atom is 0.416 e. The standard InChI is InChI=1S/C23H11F3S2/c24-23(25,26)16-10-7-14(8-11-16)5-6-15-9-12-18-20(13-15)28-21-17-3-1-2-4-19(17)27-22(18)21/h1-4,7-13H. The molecule has 136 valence electrons. The van der Waals surface area contributed by atoms with Gasteiger partial charge in [-0.25, -0.2) is 0 Å². The van der Waals surface area contributed by atoms with Crippen LogP contribution in [0.25, 0.3) is 29.6 Å². The highest BCUT2D eigenvalue weighted by molar-refractivity contribution is 7.36. The van der Waals surface area contributed by atoms with Crippen LogP contribution in [0.5, 0.6) is 0 Å². The van der Waals surface area contributed by atoms with E-state index in [-0.39, 0.29) is 0 Å². The number of rotatable bonds is 0. The van der Waals surface area contributed by atoms with Gasteiger partial charge in [-0.15, -0.1) is 22.7 Å². The van der Waals surface area contributed by atoms with Crippen molar-refractivity contribution in [2.45, 2.75) is 6.18 Å². The van der Waals surface area contributed by atoms with Gasteiger partial charge < -0.3 is 0 Å². The monoisotopic (exact) mass is 408 g/mol. The number of hydrogen-bond acceptors (Lipinski definition) is 2. The summed E-state index contributed by atoms with van der Waals surface area (Å²) in [7, 11) is 0. The summed E-state index contributed by atoms with van der Waals surface area (Å²) < 4.78 is 43.0. The van der Waals surface area contributed by atoms with Crippen molar-refractivity contribution < 1.29 is 13.2 Å². The topological polar surface area (TPSA) is 0 Å². The molecule has 2 heterocycles. The van der Waals surface area contributed by atoms with E-state index in [1.54, 1.807) is 22.7 Å². The summed E-state index contributed by atoms with van der Waals surface area (Å²) in [5.74, 6) is 6.02. The zero-order valence-electron chi connectivity index (χ0n) is 14.3. The molecule has 3 aromatic carbocycles. The molecule has 0 saturated heterocycles. The maximum atomic E-state index is 12.6. The fourth-order valence-electron chi connectivity index (χ4n) is 3.17. The molecule has 5 heteroatoms. The molecule has 0 nitrogen and oxygen atoms in total. The first-order valence-electron chi connectivity index (χ1n) is 8.52. The zero-order chi connectivity index (χ0) is 19.3. The molecule has 0 aliphatic rings. The van der Waals surface area contributed by atoms with Crippen molar-refractivity contribution in [1.82, 2.24) is 0 Å². The van der Waals surface area contributed by atoms with E-state index in [1.165, 1.54) is 41.7 Å². The molecule has 0 atom stereocenters. The molecule has 0 N–H and O–H groups in total. The van der Waals surface area contributed by atoms with E-state index >= 15 is 0 Å². The number of benzene rings is 3. The van der Waals surface area contributed by atoms with Gasteiger partial charge in [-0.2, -0.15) is 13.2 Å². The van der Waals surface area contributed by atoms with E-state index in [2.05, 4.69) is 48.2 Å². The highest BCUT2D eigenvalue weighted by Crippen LogP contribution is 2.44. The van der Waals surface area contributed by atoms with Gasteiger partial charge in [0.1, 0.15) is 0 Å². The fraction of sp³-hybridized carbons (Fsp3) is 0.0435. The summed E-state index contributed by atoms with van der Waals surface area (Å²) in [4.78, 5) is 0. The van der Waals surface area contributed by atoms with Crippen LogP contribution in [0.1, 0.15) is 16.7 Å². The zero-order valence-corrected chi connectivity index (χ0v) is 15.9. The van der Waals surface area contributed by atoms with E-state index in [9.17, 15) is 13.2 Å². The summed E-state index contributed by atoms with van der Waals surface area (Å²) in [6.07, 6.45) is -4.33. The predicted octanol–water partition coefficient (Wildman–Crippen LogP) is 7.69. The average molecular weight is 408 g/mol. The van der Waals surface area contributed by atoms with E-state index in [0.29, 0.717) is 5.56 Å². The molecule has 0 aliphatic heterocycles. The first kappa shape index (κ1) is 17.3. The highest BCUT2D eigenvalue weighted by Gasteiger charge is 2.29. The van der Waals surface area contributed by atoms with Crippen molar-refractivity contribution in [1.29, 1.82) is 0 Å². The Balaban J connectivity index is 1.52. The second kappa shape index (κ2) is 6.37. The van der Waals surface area contributed by atoms with Crippen molar-refractivity contribution in [3.05, 3.63) is 83.4 Å². The summed E-state index contributed by atoms with van der Waals surface area (Å²) in [6.45, 7) is 0. The normalized spacial score (nSPS) is 11.8. The molecule has 0 unspecified atom stereocenters. The maximum absolute atomic E-state index is 12.6. The lowest BCUT2D eigenvalue weighted by Gasteiger charge is -2.05. The Morgan fingerprint density at radius 2 is 1.25 bits per heavy atom. The van der Waals surface area contributed by atoms with Gasteiger partial charge in [0.15, 0.2) is 0 Å². The molecule has 2 aromatic heterocycles. The Labute approximate surface area is 166 Å². The second-order valence-corrected chi connectivity index (χ2v) is 8.50. The minimum atomic E-state index is -4.33. The van der Waals surface area contributed by atoms with E-state index in [4.69, 9.17) is 0 Å². The second-order valence-electron chi connectivity index (χ2n) is 6.39. The smallest absolute Gasteiger partial charge is 0.166 e. The molecule has 28 heavy (non-hydrogen) atoms. The summed E-state index contributed by atoms with van der Waals surface area (Å²) >= 11 is 3.56. The Morgan fingerprint density at radius 1 is 0.643 bits per heavy atom. The minimum Gasteiger partial charge on any atom is -0.166 e. The van der Waals surface area contributed by atoms with Crippen LogP contribution in [-0.4, -0.2) is 0 Å². The lowest BCUT2D eigenvalue weighted by atomic mass is 10.1. The Bertz CT molecular complexity index is 1390. The number of thiophene rings is 2. The molecule has 0 aliphatic carbocycles. The van der Waals surface area contributed by atoms with Crippen LogP contribution in [-0.2, 0) is 6.18 Å². The Kier molecular flexibility index (Phi) is 3.94. The van der Waals surface area contributed by atoms with Gasteiger partial charge in [-0.3, -0.25) is 0 Å². The summed E-state index contributed by atoms with van der Waals surface area (Å²) in [5.41, 5.74) is 0.752. The quantitative estimate of drug-likeness (QED) is 0.230. The Hall–Kier alpha value is -2.81. The number of halogens is 3. The van der Waals surface area contributed by atoms with Gasteiger partial charge in [0.2, 0.25) is 0 Å². The summed E-state index contributed by atoms with van der Waals surface area (Å²) in [5, 5.41) is 2.50. The third-order valence-corrected chi connectivity index (χ3v) is 7.07. The first-order valence-corrected chi connectivity index (χ1v) is 10.2. The molecule has 0 bridgehead atoms. The molecule has 5 aromatic rings. The van der Waals surface area contributed by atoms with Crippen molar-refractivity contribution in [3.8, 4) is 11.8 Å². The Morgan fingerprint density at radius 3 is 2.00 bits per heavy atom. The van der Waals surface area contributed by atoms with E-state index in [1.807, 2.05) is 6.07 Å². The molecule has 0 spiro atoms. The van der Waals surface area contributed by atoms with Crippen molar-refractivity contribution >= 4 is 52.2 Å². The van der Waals surface area contributed by atoms with Gasteiger partial charge in [-0.1, -0.05) is 36.1 Å². The predicted molar refractivity (Wildman–Crippen MR) is 112 cm³/mol. The van der Waals surface area contributed by atoms with Crippen LogP contribution in [0, 0.1) is 11.8 Å². The molecular formula is C23H11F3S2. The molecule has 0 fully saturated rings. The van der Waals surface area contributed by atoms with Crippen LogP contribution in [0.3, 0.4) is 0 Å². The molecule has 5 rings (SSSR count). The SMILES string of the molecule is FC(F)(F)c1ccc(C#Cc2ccc3c(c2)sc2c4ccccc4sc32)cc1. The van der Waals surface area contributed by atoms with Gasteiger partial charge >= 0.3 is 6.18 Å². The third kappa shape index (κ3) is 2.95. The van der Waals surface area contributed by atoms with Gasteiger partial charge in [0.25, 0.3) is 0 Å².